The van der Waals surface area contributed by atoms with Crippen LogP contribution < -0.4 is 5.43 Å². The van der Waals surface area contributed by atoms with E-state index in [1.165, 1.54) is 0 Å². The SMILES string of the molecule is CCOC(=O)c1cn(C2CCS(=O)(=O)CC2)c2ccc(CN3CCOCC3)cc2c1=O. The molecule has 168 valence electrons. The van der Waals surface area contributed by atoms with Gasteiger partial charge in [-0.15, -0.1) is 0 Å². The number of carbonyl (C=O) groups excluding carboxylic acids is 1. The van der Waals surface area contributed by atoms with E-state index >= 15 is 0 Å². The molecule has 0 atom stereocenters. The molecule has 3 heterocycles. The molecule has 9 heteroatoms. The van der Waals surface area contributed by atoms with Gasteiger partial charge in [0.1, 0.15) is 15.4 Å². The molecule has 4 rings (SSSR count). The van der Waals surface area contributed by atoms with E-state index in [-0.39, 0.29) is 35.1 Å². The first-order valence-electron chi connectivity index (χ1n) is 10.7. The minimum absolute atomic E-state index is 0.00805. The molecule has 0 radical (unpaired) electrons. The molecular formula is C22H28N2O6S. The van der Waals surface area contributed by atoms with E-state index in [0.29, 0.717) is 43.5 Å². The van der Waals surface area contributed by atoms with E-state index in [9.17, 15) is 18.0 Å². The molecule has 0 amide bonds. The summed E-state index contributed by atoms with van der Waals surface area (Å²) in [6.07, 6.45) is 2.46. The van der Waals surface area contributed by atoms with Crippen molar-refractivity contribution in [2.75, 3.05) is 44.4 Å². The van der Waals surface area contributed by atoms with Crippen molar-refractivity contribution in [1.82, 2.24) is 9.47 Å². The van der Waals surface area contributed by atoms with Gasteiger partial charge in [-0.25, -0.2) is 13.2 Å². The summed E-state index contributed by atoms with van der Waals surface area (Å²) in [6, 6.07) is 5.67. The van der Waals surface area contributed by atoms with Gasteiger partial charge in [0, 0.05) is 37.3 Å². The maximum atomic E-state index is 13.2. The summed E-state index contributed by atoms with van der Waals surface area (Å²) < 4.78 is 36.2. The van der Waals surface area contributed by atoms with Gasteiger partial charge >= 0.3 is 5.97 Å². The highest BCUT2D eigenvalue weighted by molar-refractivity contribution is 7.91. The molecule has 1 aromatic carbocycles. The van der Waals surface area contributed by atoms with Gasteiger partial charge in [0.15, 0.2) is 0 Å². The van der Waals surface area contributed by atoms with E-state index in [1.807, 2.05) is 22.8 Å². The van der Waals surface area contributed by atoms with Gasteiger partial charge in [-0.2, -0.15) is 0 Å². The van der Waals surface area contributed by atoms with Crippen LogP contribution in [0.2, 0.25) is 0 Å². The van der Waals surface area contributed by atoms with Crippen LogP contribution >= 0.6 is 0 Å². The number of esters is 1. The summed E-state index contributed by atoms with van der Waals surface area (Å²) in [7, 11) is -3.03. The summed E-state index contributed by atoms with van der Waals surface area (Å²) in [5.74, 6) is -0.435. The van der Waals surface area contributed by atoms with Crippen molar-refractivity contribution in [2.45, 2.75) is 32.4 Å². The number of benzene rings is 1. The highest BCUT2D eigenvalue weighted by Gasteiger charge is 2.27. The third-order valence-electron chi connectivity index (χ3n) is 6.02. The summed E-state index contributed by atoms with van der Waals surface area (Å²) in [5.41, 5.74) is 1.35. The number of hydrogen-bond donors (Lipinski definition) is 0. The van der Waals surface area contributed by atoms with Crippen LogP contribution in [0.5, 0.6) is 0 Å². The average molecular weight is 449 g/mol. The van der Waals surface area contributed by atoms with Crippen LogP contribution in [0.1, 0.15) is 41.7 Å². The van der Waals surface area contributed by atoms with Crippen LogP contribution in [0.3, 0.4) is 0 Å². The van der Waals surface area contributed by atoms with Crippen molar-refractivity contribution in [2.24, 2.45) is 0 Å². The molecule has 2 fully saturated rings. The lowest BCUT2D eigenvalue weighted by Crippen LogP contribution is -2.35. The lowest BCUT2D eigenvalue weighted by molar-refractivity contribution is 0.0342. The fourth-order valence-corrected chi connectivity index (χ4v) is 5.80. The molecule has 2 aromatic rings. The molecule has 2 aliphatic heterocycles. The second-order valence-corrected chi connectivity index (χ2v) is 10.4. The summed E-state index contributed by atoms with van der Waals surface area (Å²) >= 11 is 0. The second-order valence-electron chi connectivity index (χ2n) is 8.12. The number of hydrogen-bond acceptors (Lipinski definition) is 7. The topological polar surface area (TPSA) is 94.9 Å². The predicted octanol–water partition coefficient (Wildman–Crippen LogP) is 1.76. The van der Waals surface area contributed by atoms with Crippen LogP contribution in [0, 0.1) is 0 Å². The minimum Gasteiger partial charge on any atom is -0.462 e. The zero-order chi connectivity index (χ0) is 22.0. The number of nitrogens with zero attached hydrogens (tertiary/aromatic N) is 2. The van der Waals surface area contributed by atoms with Crippen molar-refractivity contribution < 1.29 is 22.7 Å². The Morgan fingerprint density at radius 1 is 1.19 bits per heavy atom. The molecule has 1 aromatic heterocycles. The largest absolute Gasteiger partial charge is 0.462 e. The Balaban J connectivity index is 1.77. The number of fused-ring (bicyclic) bond motifs is 1. The summed E-state index contributed by atoms with van der Waals surface area (Å²) in [5, 5.41) is 0.463. The van der Waals surface area contributed by atoms with Crippen LogP contribution in [0.25, 0.3) is 10.9 Å². The van der Waals surface area contributed by atoms with Gasteiger partial charge in [0.25, 0.3) is 0 Å². The van der Waals surface area contributed by atoms with Crippen molar-refractivity contribution in [1.29, 1.82) is 0 Å². The van der Waals surface area contributed by atoms with E-state index < -0.39 is 15.8 Å². The van der Waals surface area contributed by atoms with Crippen LogP contribution in [-0.2, 0) is 25.9 Å². The molecule has 0 spiro atoms. The highest BCUT2D eigenvalue weighted by Crippen LogP contribution is 2.28. The Kier molecular flexibility index (Phi) is 6.45. The Bertz CT molecular complexity index is 1120. The van der Waals surface area contributed by atoms with Crippen molar-refractivity contribution in [3.8, 4) is 0 Å². The van der Waals surface area contributed by atoms with Gasteiger partial charge in [0.05, 0.1) is 36.8 Å². The molecule has 31 heavy (non-hydrogen) atoms. The molecule has 2 aliphatic rings. The van der Waals surface area contributed by atoms with E-state index in [2.05, 4.69) is 4.90 Å². The number of pyridine rings is 1. The predicted molar refractivity (Wildman–Crippen MR) is 117 cm³/mol. The molecule has 2 saturated heterocycles. The number of carbonyl (C=O) groups is 1. The van der Waals surface area contributed by atoms with Crippen molar-refractivity contribution >= 4 is 26.7 Å². The fourth-order valence-electron chi connectivity index (χ4n) is 4.33. The quantitative estimate of drug-likeness (QED) is 0.643. The third-order valence-corrected chi connectivity index (χ3v) is 7.73. The Hall–Kier alpha value is -2.23. The van der Waals surface area contributed by atoms with Crippen molar-refractivity contribution in [3.05, 3.63) is 45.7 Å². The number of rotatable bonds is 5. The fraction of sp³-hybridized carbons (Fsp3) is 0.545. The lowest BCUT2D eigenvalue weighted by atomic mass is 10.0. The first-order valence-corrected chi connectivity index (χ1v) is 12.6. The van der Waals surface area contributed by atoms with Gasteiger partial charge in [-0.3, -0.25) is 9.69 Å². The smallest absolute Gasteiger partial charge is 0.343 e. The second kappa shape index (κ2) is 9.10. The Morgan fingerprint density at radius 3 is 2.58 bits per heavy atom. The van der Waals surface area contributed by atoms with E-state index in [1.54, 1.807) is 13.1 Å². The average Bonchev–Trinajstić information content (AvgIpc) is 2.75. The minimum atomic E-state index is -3.03. The number of morpholine rings is 1. The monoisotopic (exact) mass is 448 g/mol. The van der Waals surface area contributed by atoms with E-state index in [0.717, 1.165) is 18.7 Å². The Labute approximate surface area is 181 Å². The first kappa shape index (κ1) is 22.0. The van der Waals surface area contributed by atoms with Gasteiger partial charge in [-0.1, -0.05) is 6.07 Å². The maximum absolute atomic E-state index is 13.2. The summed E-state index contributed by atoms with van der Waals surface area (Å²) in [4.78, 5) is 27.9. The molecule has 0 bridgehead atoms. The molecule has 0 aliphatic carbocycles. The lowest BCUT2D eigenvalue weighted by Gasteiger charge is -2.28. The Morgan fingerprint density at radius 2 is 1.90 bits per heavy atom. The normalized spacial score (nSPS) is 20.0. The summed E-state index contributed by atoms with van der Waals surface area (Å²) in [6.45, 7) is 5.63. The van der Waals surface area contributed by atoms with Gasteiger partial charge < -0.3 is 14.0 Å². The van der Waals surface area contributed by atoms with Gasteiger partial charge in [-0.05, 0) is 37.5 Å². The highest BCUT2D eigenvalue weighted by atomic mass is 32.2. The maximum Gasteiger partial charge on any atom is 0.343 e. The van der Waals surface area contributed by atoms with Crippen LogP contribution in [0.4, 0.5) is 0 Å². The number of ether oxygens (including phenoxy) is 2. The first-order chi connectivity index (χ1) is 14.9. The van der Waals surface area contributed by atoms with Crippen molar-refractivity contribution in [3.63, 3.8) is 0 Å². The molecule has 0 saturated carbocycles. The molecule has 8 nitrogen and oxygen atoms in total. The van der Waals surface area contributed by atoms with E-state index in [4.69, 9.17) is 9.47 Å². The zero-order valence-electron chi connectivity index (χ0n) is 17.7. The molecule has 0 N–H and O–H groups in total. The zero-order valence-corrected chi connectivity index (χ0v) is 18.5. The number of sulfone groups is 1. The standard InChI is InChI=1S/C22H28N2O6S/c1-2-30-22(26)19-15-24(17-5-11-31(27,28)12-6-17)20-4-3-16(13-18(20)21(19)25)14-23-7-9-29-10-8-23/h3-4,13,15,17H,2,5-12,14H2,1H3. The third kappa shape index (κ3) is 4.83. The van der Waals surface area contributed by atoms with Crippen LogP contribution in [0.15, 0.2) is 29.2 Å². The van der Waals surface area contributed by atoms with Gasteiger partial charge in [0.2, 0.25) is 5.43 Å². The van der Waals surface area contributed by atoms with Crippen LogP contribution in [-0.4, -0.2) is 68.3 Å². The number of aromatic nitrogens is 1. The molecular weight excluding hydrogens is 420 g/mol. The molecule has 0 unspecified atom stereocenters.